The molecule has 1 saturated carbocycles. The summed E-state index contributed by atoms with van der Waals surface area (Å²) < 4.78 is 38.2. The molecular formula is C24H27NO5S. The fraction of sp³-hybridized carbons (Fsp3) is 0.375. The van der Waals surface area contributed by atoms with E-state index in [0.717, 1.165) is 22.4 Å². The lowest BCUT2D eigenvalue weighted by Crippen LogP contribution is -2.39. The average molecular weight is 442 g/mol. The number of benzene rings is 2. The largest absolute Gasteiger partial charge is 0.497 e. The number of carbonyl (C=O) groups excluding carboxylic acids is 1. The number of aryl methyl sites for hydroxylation is 1. The SMILES string of the molecule is COc1ccc(C2/C(=C\OC(C)=O)C23CCN(S(=O)(=O)c2ccc(C)cc2)CC3)cc1. The Hall–Kier alpha value is -2.64. The molecule has 0 radical (unpaired) electrons. The standard InChI is InChI=1S/C24H27NO5S/c1-17-4-10-21(11-5-17)31(27,28)25-14-12-24(13-15-25)22(16-30-18(2)26)23(24)19-6-8-20(29-3)9-7-19/h4-11,16,23H,12-15H2,1-3H3/b22-16+. The molecule has 2 fully saturated rings. The summed E-state index contributed by atoms with van der Waals surface area (Å²) in [5, 5.41) is 0. The van der Waals surface area contributed by atoms with Crippen LogP contribution < -0.4 is 4.74 Å². The maximum Gasteiger partial charge on any atom is 0.307 e. The molecule has 1 atom stereocenters. The molecule has 1 saturated heterocycles. The number of allylic oxidation sites excluding steroid dienone is 1. The van der Waals surface area contributed by atoms with Gasteiger partial charge in [-0.25, -0.2) is 8.42 Å². The van der Waals surface area contributed by atoms with Crippen molar-refractivity contribution in [3.8, 4) is 5.75 Å². The maximum absolute atomic E-state index is 13.1. The van der Waals surface area contributed by atoms with Crippen molar-refractivity contribution in [1.82, 2.24) is 4.31 Å². The topological polar surface area (TPSA) is 72.9 Å². The van der Waals surface area contributed by atoms with Crippen LogP contribution in [0.2, 0.25) is 0 Å². The van der Waals surface area contributed by atoms with E-state index in [0.29, 0.717) is 30.8 Å². The number of ether oxygens (including phenoxy) is 2. The third kappa shape index (κ3) is 4.00. The van der Waals surface area contributed by atoms with E-state index >= 15 is 0 Å². The van der Waals surface area contributed by atoms with Crippen LogP contribution in [-0.2, 0) is 19.6 Å². The zero-order chi connectivity index (χ0) is 22.2. The van der Waals surface area contributed by atoms with Crippen LogP contribution in [-0.4, -0.2) is 38.9 Å². The predicted octanol–water partition coefficient (Wildman–Crippen LogP) is 4.02. The normalized spacial score (nSPS) is 21.8. The lowest BCUT2D eigenvalue weighted by atomic mass is 9.89. The Labute approximate surface area is 183 Å². The van der Waals surface area contributed by atoms with E-state index < -0.39 is 10.0 Å². The Bertz CT molecular complexity index is 1100. The van der Waals surface area contributed by atoms with Gasteiger partial charge in [0.15, 0.2) is 0 Å². The summed E-state index contributed by atoms with van der Waals surface area (Å²) in [6.45, 7) is 4.18. The number of esters is 1. The molecule has 1 unspecified atom stereocenters. The molecule has 6 nitrogen and oxygen atoms in total. The molecule has 164 valence electrons. The molecular weight excluding hydrogens is 414 g/mol. The van der Waals surface area contributed by atoms with Gasteiger partial charge in [-0.2, -0.15) is 4.31 Å². The molecule has 2 aromatic rings. The molecule has 7 heteroatoms. The number of piperidine rings is 1. The molecule has 1 spiro atoms. The highest BCUT2D eigenvalue weighted by Crippen LogP contribution is 2.69. The van der Waals surface area contributed by atoms with Crippen LogP contribution >= 0.6 is 0 Å². The monoisotopic (exact) mass is 441 g/mol. The zero-order valence-electron chi connectivity index (χ0n) is 18.0. The first-order valence-electron chi connectivity index (χ1n) is 10.4. The van der Waals surface area contributed by atoms with Gasteiger partial charge in [-0.1, -0.05) is 29.8 Å². The summed E-state index contributed by atoms with van der Waals surface area (Å²) >= 11 is 0. The minimum absolute atomic E-state index is 0.113. The lowest BCUT2D eigenvalue weighted by molar-refractivity contribution is -0.135. The van der Waals surface area contributed by atoms with Crippen molar-refractivity contribution in [2.75, 3.05) is 20.2 Å². The number of nitrogens with zero attached hydrogens (tertiary/aromatic N) is 1. The minimum Gasteiger partial charge on any atom is -0.497 e. The van der Waals surface area contributed by atoms with E-state index in [1.807, 2.05) is 43.3 Å². The highest BCUT2D eigenvalue weighted by Gasteiger charge is 2.61. The van der Waals surface area contributed by atoms with Gasteiger partial charge in [0.1, 0.15) is 5.75 Å². The first-order chi connectivity index (χ1) is 14.8. The summed E-state index contributed by atoms with van der Waals surface area (Å²) in [6.07, 6.45) is 2.94. The second kappa shape index (κ2) is 8.13. The third-order valence-electron chi connectivity index (χ3n) is 6.43. The van der Waals surface area contributed by atoms with Crippen LogP contribution in [0.5, 0.6) is 5.75 Å². The molecule has 2 aliphatic rings. The Kier molecular flexibility index (Phi) is 5.66. The second-order valence-electron chi connectivity index (χ2n) is 8.26. The first-order valence-corrected chi connectivity index (χ1v) is 11.8. The van der Waals surface area contributed by atoms with Gasteiger partial charge in [0.05, 0.1) is 18.3 Å². The van der Waals surface area contributed by atoms with Gasteiger partial charge in [0.2, 0.25) is 10.0 Å². The lowest BCUT2D eigenvalue weighted by Gasteiger charge is -2.32. The van der Waals surface area contributed by atoms with Gasteiger partial charge >= 0.3 is 5.97 Å². The third-order valence-corrected chi connectivity index (χ3v) is 8.34. The van der Waals surface area contributed by atoms with Gasteiger partial charge in [-0.15, -0.1) is 0 Å². The molecule has 1 aliphatic carbocycles. The van der Waals surface area contributed by atoms with Crippen LogP contribution in [0.4, 0.5) is 0 Å². The fourth-order valence-corrected chi connectivity index (χ4v) is 6.08. The summed E-state index contributed by atoms with van der Waals surface area (Å²) in [5.41, 5.74) is 3.02. The molecule has 0 amide bonds. The molecule has 0 bridgehead atoms. The molecule has 0 aromatic heterocycles. The van der Waals surface area contributed by atoms with Gasteiger partial charge in [-0.3, -0.25) is 4.79 Å². The van der Waals surface area contributed by atoms with Gasteiger partial charge in [-0.05, 0) is 55.2 Å². The van der Waals surface area contributed by atoms with Crippen molar-refractivity contribution in [2.45, 2.75) is 37.5 Å². The Morgan fingerprint density at radius 1 is 1.06 bits per heavy atom. The fourth-order valence-electron chi connectivity index (χ4n) is 4.64. The van der Waals surface area contributed by atoms with Crippen molar-refractivity contribution in [3.63, 3.8) is 0 Å². The van der Waals surface area contributed by atoms with Crippen LogP contribution in [0.3, 0.4) is 0 Å². The van der Waals surface area contributed by atoms with E-state index in [9.17, 15) is 13.2 Å². The molecule has 0 N–H and O–H groups in total. The number of hydrogen-bond donors (Lipinski definition) is 0. The number of sulfonamides is 1. The summed E-state index contributed by atoms with van der Waals surface area (Å²) in [6, 6.07) is 14.8. The number of methoxy groups -OCH3 is 1. The molecule has 2 aromatic carbocycles. The molecule has 1 aliphatic heterocycles. The number of carbonyl (C=O) groups is 1. The van der Waals surface area contributed by atoms with Crippen molar-refractivity contribution < 1.29 is 22.7 Å². The van der Waals surface area contributed by atoms with E-state index in [1.165, 1.54) is 6.92 Å². The van der Waals surface area contributed by atoms with Crippen LogP contribution in [0.1, 0.15) is 36.8 Å². The first kappa shape index (κ1) is 21.6. The van der Waals surface area contributed by atoms with Crippen LogP contribution in [0.15, 0.2) is 65.3 Å². The van der Waals surface area contributed by atoms with E-state index in [1.54, 1.807) is 29.8 Å². The Morgan fingerprint density at radius 3 is 2.23 bits per heavy atom. The van der Waals surface area contributed by atoms with Crippen LogP contribution in [0, 0.1) is 12.3 Å². The van der Waals surface area contributed by atoms with Gasteiger partial charge in [0, 0.05) is 31.3 Å². The molecule has 1 heterocycles. The van der Waals surface area contributed by atoms with Crippen molar-refractivity contribution in [3.05, 3.63) is 71.5 Å². The zero-order valence-corrected chi connectivity index (χ0v) is 18.8. The minimum atomic E-state index is -3.52. The summed E-state index contributed by atoms with van der Waals surface area (Å²) in [7, 11) is -1.89. The van der Waals surface area contributed by atoms with E-state index in [2.05, 4.69) is 0 Å². The number of hydrogen-bond acceptors (Lipinski definition) is 5. The average Bonchev–Trinajstić information content (AvgIpc) is 3.38. The van der Waals surface area contributed by atoms with Crippen LogP contribution in [0.25, 0.3) is 0 Å². The molecule has 4 rings (SSSR count). The molecule has 31 heavy (non-hydrogen) atoms. The quantitative estimate of drug-likeness (QED) is 0.518. The number of rotatable bonds is 5. The van der Waals surface area contributed by atoms with Gasteiger partial charge in [0.25, 0.3) is 0 Å². The van der Waals surface area contributed by atoms with Crippen molar-refractivity contribution in [2.24, 2.45) is 5.41 Å². The summed E-state index contributed by atoms with van der Waals surface area (Å²) in [5.74, 6) is 0.535. The van der Waals surface area contributed by atoms with E-state index in [-0.39, 0.29) is 17.3 Å². The predicted molar refractivity (Wildman–Crippen MR) is 117 cm³/mol. The highest BCUT2D eigenvalue weighted by atomic mass is 32.2. The smallest absolute Gasteiger partial charge is 0.307 e. The summed E-state index contributed by atoms with van der Waals surface area (Å²) in [4.78, 5) is 11.7. The Morgan fingerprint density at radius 2 is 1.68 bits per heavy atom. The Balaban J connectivity index is 1.56. The maximum atomic E-state index is 13.1. The van der Waals surface area contributed by atoms with Gasteiger partial charge < -0.3 is 9.47 Å². The van der Waals surface area contributed by atoms with E-state index in [4.69, 9.17) is 9.47 Å². The highest BCUT2D eigenvalue weighted by molar-refractivity contribution is 7.89. The van der Waals surface area contributed by atoms with Crippen molar-refractivity contribution in [1.29, 1.82) is 0 Å². The second-order valence-corrected chi connectivity index (χ2v) is 10.2. The van der Waals surface area contributed by atoms with Crippen molar-refractivity contribution >= 4 is 16.0 Å².